The molecule has 0 spiro atoms. The van der Waals surface area contributed by atoms with Gasteiger partial charge in [0.25, 0.3) is 5.56 Å². The van der Waals surface area contributed by atoms with E-state index in [0.29, 0.717) is 18.7 Å². The SMILES string of the molecule is COCCCn1c(C)cc(C)c(C(C)N)c1=O. The Labute approximate surface area is 102 Å². The van der Waals surface area contributed by atoms with E-state index in [1.165, 1.54) is 0 Å². The second-order valence-electron chi connectivity index (χ2n) is 4.47. The average molecular weight is 238 g/mol. The molecule has 1 atom stereocenters. The zero-order valence-corrected chi connectivity index (χ0v) is 11.1. The zero-order chi connectivity index (χ0) is 13.0. The van der Waals surface area contributed by atoms with Crippen molar-refractivity contribution in [3.8, 4) is 0 Å². The minimum Gasteiger partial charge on any atom is -0.385 e. The first kappa shape index (κ1) is 13.9. The number of ether oxygens (including phenoxy) is 1. The van der Waals surface area contributed by atoms with Gasteiger partial charge in [-0.25, -0.2) is 0 Å². The van der Waals surface area contributed by atoms with Crippen molar-refractivity contribution in [3.63, 3.8) is 0 Å². The lowest BCUT2D eigenvalue weighted by atomic mass is 10.0. The fourth-order valence-electron chi connectivity index (χ4n) is 2.14. The maximum absolute atomic E-state index is 12.3. The molecule has 0 aliphatic carbocycles. The molecular weight excluding hydrogens is 216 g/mol. The Balaban J connectivity index is 3.13. The highest BCUT2D eigenvalue weighted by molar-refractivity contribution is 5.28. The molecule has 1 aromatic heterocycles. The normalized spacial score (nSPS) is 12.8. The Morgan fingerprint density at radius 2 is 2.12 bits per heavy atom. The largest absolute Gasteiger partial charge is 0.385 e. The van der Waals surface area contributed by atoms with Crippen LogP contribution in [0.3, 0.4) is 0 Å². The fraction of sp³-hybridized carbons (Fsp3) is 0.615. The van der Waals surface area contributed by atoms with Gasteiger partial charge in [-0.15, -0.1) is 0 Å². The molecule has 0 fully saturated rings. The molecule has 4 nitrogen and oxygen atoms in total. The summed E-state index contributed by atoms with van der Waals surface area (Å²) < 4.78 is 6.79. The van der Waals surface area contributed by atoms with E-state index in [2.05, 4.69) is 0 Å². The fourth-order valence-corrected chi connectivity index (χ4v) is 2.14. The lowest BCUT2D eigenvalue weighted by Crippen LogP contribution is -2.30. The molecule has 4 heteroatoms. The van der Waals surface area contributed by atoms with Crippen LogP contribution in [0.25, 0.3) is 0 Å². The summed E-state index contributed by atoms with van der Waals surface area (Å²) in [5.41, 5.74) is 8.56. The van der Waals surface area contributed by atoms with E-state index in [9.17, 15) is 4.79 Å². The van der Waals surface area contributed by atoms with Crippen LogP contribution < -0.4 is 11.3 Å². The maximum atomic E-state index is 12.3. The van der Waals surface area contributed by atoms with Crippen LogP contribution in [-0.4, -0.2) is 18.3 Å². The monoisotopic (exact) mass is 238 g/mol. The first-order chi connectivity index (χ1) is 7.99. The maximum Gasteiger partial charge on any atom is 0.255 e. The highest BCUT2D eigenvalue weighted by Gasteiger charge is 2.13. The van der Waals surface area contributed by atoms with Crippen molar-refractivity contribution in [2.45, 2.75) is 39.8 Å². The van der Waals surface area contributed by atoms with Gasteiger partial charge in [-0.2, -0.15) is 0 Å². The first-order valence-electron chi connectivity index (χ1n) is 5.94. The quantitative estimate of drug-likeness (QED) is 0.791. The van der Waals surface area contributed by atoms with Gasteiger partial charge < -0.3 is 15.0 Å². The molecular formula is C13H22N2O2. The number of hydrogen-bond donors (Lipinski definition) is 1. The zero-order valence-electron chi connectivity index (χ0n) is 11.1. The molecule has 1 rings (SSSR count). The molecule has 0 aliphatic heterocycles. The van der Waals surface area contributed by atoms with Crippen LogP contribution in [0, 0.1) is 13.8 Å². The Kier molecular flexibility index (Phi) is 4.90. The molecule has 0 saturated carbocycles. The van der Waals surface area contributed by atoms with E-state index < -0.39 is 0 Å². The van der Waals surface area contributed by atoms with Crippen molar-refractivity contribution in [1.29, 1.82) is 0 Å². The van der Waals surface area contributed by atoms with Crippen LogP contribution in [0.5, 0.6) is 0 Å². The number of methoxy groups -OCH3 is 1. The van der Waals surface area contributed by atoms with Crippen LogP contribution in [0.1, 0.15) is 36.2 Å². The van der Waals surface area contributed by atoms with Gasteiger partial charge in [0.1, 0.15) is 0 Å². The number of rotatable bonds is 5. The lowest BCUT2D eigenvalue weighted by Gasteiger charge is -2.16. The van der Waals surface area contributed by atoms with Crippen molar-refractivity contribution in [2.75, 3.05) is 13.7 Å². The van der Waals surface area contributed by atoms with E-state index in [1.54, 1.807) is 11.7 Å². The minimum atomic E-state index is -0.225. The standard InChI is InChI=1S/C13H22N2O2/c1-9-8-10(2)15(6-5-7-17-4)13(16)12(9)11(3)14/h8,11H,5-7,14H2,1-4H3. The molecule has 1 unspecified atom stereocenters. The van der Waals surface area contributed by atoms with Crippen molar-refractivity contribution < 1.29 is 4.74 Å². The van der Waals surface area contributed by atoms with Gasteiger partial charge >= 0.3 is 0 Å². The predicted molar refractivity (Wildman–Crippen MR) is 69.3 cm³/mol. The van der Waals surface area contributed by atoms with Gasteiger partial charge in [-0.1, -0.05) is 0 Å². The Morgan fingerprint density at radius 1 is 1.47 bits per heavy atom. The predicted octanol–water partition coefficient (Wildman–Crippen LogP) is 1.52. The molecule has 0 aromatic carbocycles. The van der Waals surface area contributed by atoms with Crippen molar-refractivity contribution >= 4 is 0 Å². The third-order valence-electron chi connectivity index (χ3n) is 2.94. The number of nitrogens with zero attached hydrogens (tertiary/aromatic N) is 1. The van der Waals surface area contributed by atoms with E-state index in [4.69, 9.17) is 10.5 Å². The van der Waals surface area contributed by atoms with Crippen LogP contribution in [0.4, 0.5) is 0 Å². The molecule has 1 heterocycles. The van der Waals surface area contributed by atoms with Crippen LogP contribution in [0.15, 0.2) is 10.9 Å². The van der Waals surface area contributed by atoms with Crippen LogP contribution in [0.2, 0.25) is 0 Å². The summed E-state index contributed by atoms with van der Waals surface area (Å²) in [6.07, 6.45) is 0.832. The molecule has 0 aliphatic rings. The van der Waals surface area contributed by atoms with Crippen LogP contribution >= 0.6 is 0 Å². The van der Waals surface area contributed by atoms with Crippen molar-refractivity contribution in [2.24, 2.45) is 5.73 Å². The summed E-state index contributed by atoms with van der Waals surface area (Å²) >= 11 is 0. The summed E-state index contributed by atoms with van der Waals surface area (Å²) in [6.45, 7) is 7.07. The van der Waals surface area contributed by atoms with Crippen molar-refractivity contribution in [3.05, 3.63) is 33.2 Å². The second-order valence-corrected chi connectivity index (χ2v) is 4.47. The molecule has 2 N–H and O–H groups in total. The van der Waals surface area contributed by atoms with Crippen LogP contribution in [-0.2, 0) is 11.3 Å². The molecule has 1 aromatic rings. The third-order valence-corrected chi connectivity index (χ3v) is 2.94. The molecule has 0 radical (unpaired) electrons. The summed E-state index contributed by atoms with van der Waals surface area (Å²) in [4.78, 5) is 12.3. The first-order valence-corrected chi connectivity index (χ1v) is 5.94. The molecule has 0 amide bonds. The number of hydrogen-bond acceptors (Lipinski definition) is 3. The van der Waals surface area contributed by atoms with E-state index in [-0.39, 0.29) is 11.6 Å². The highest BCUT2D eigenvalue weighted by atomic mass is 16.5. The summed E-state index contributed by atoms with van der Waals surface area (Å²) in [7, 11) is 1.66. The summed E-state index contributed by atoms with van der Waals surface area (Å²) in [5, 5.41) is 0. The Morgan fingerprint density at radius 3 is 2.65 bits per heavy atom. The lowest BCUT2D eigenvalue weighted by molar-refractivity contribution is 0.189. The molecule has 0 bridgehead atoms. The smallest absolute Gasteiger partial charge is 0.255 e. The van der Waals surface area contributed by atoms with Crippen molar-refractivity contribution in [1.82, 2.24) is 4.57 Å². The van der Waals surface area contributed by atoms with Gasteiger partial charge in [-0.05, 0) is 38.8 Å². The number of aryl methyl sites for hydroxylation is 2. The highest BCUT2D eigenvalue weighted by Crippen LogP contribution is 2.12. The average Bonchev–Trinajstić information content (AvgIpc) is 2.21. The number of pyridine rings is 1. The second kappa shape index (κ2) is 5.98. The third kappa shape index (κ3) is 3.17. The van der Waals surface area contributed by atoms with Gasteiger partial charge in [0, 0.05) is 37.6 Å². The summed E-state index contributed by atoms with van der Waals surface area (Å²) in [6, 6.07) is 1.80. The summed E-state index contributed by atoms with van der Waals surface area (Å²) in [5.74, 6) is 0. The van der Waals surface area contributed by atoms with Gasteiger partial charge in [-0.3, -0.25) is 4.79 Å². The Bertz CT molecular complexity index is 436. The molecule has 96 valence electrons. The van der Waals surface area contributed by atoms with E-state index in [1.807, 2.05) is 26.8 Å². The minimum absolute atomic E-state index is 0.0357. The molecule has 17 heavy (non-hydrogen) atoms. The van der Waals surface area contributed by atoms with Gasteiger partial charge in [0.15, 0.2) is 0 Å². The Hall–Kier alpha value is -1.13. The van der Waals surface area contributed by atoms with E-state index >= 15 is 0 Å². The van der Waals surface area contributed by atoms with Gasteiger partial charge in [0.05, 0.1) is 0 Å². The van der Waals surface area contributed by atoms with Gasteiger partial charge in [0.2, 0.25) is 0 Å². The number of nitrogens with two attached hydrogens (primary N) is 1. The number of aromatic nitrogens is 1. The topological polar surface area (TPSA) is 57.2 Å². The molecule has 0 saturated heterocycles. The van der Waals surface area contributed by atoms with E-state index in [0.717, 1.165) is 17.7 Å².